The number of hydrogen-bond acceptors (Lipinski definition) is 7. The molecule has 0 aromatic carbocycles. The second kappa shape index (κ2) is 7.69. The minimum Gasteiger partial charge on any atom is -0.394 e. The molecule has 0 radical (unpaired) electrons. The molecule has 1 aliphatic heterocycles. The average Bonchev–Trinajstić information content (AvgIpc) is 2.58. The molecule has 0 aliphatic carbocycles. The minimum absolute atomic E-state index is 0.159. The van der Waals surface area contributed by atoms with Crippen LogP contribution in [0.25, 0.3) is 5.57 Å². The van der Waals surface area contributed by atoms with Gasteiger partial charge in [-0.05, 0) is 44.1 Å². The van der Waals surface area contributed by atoms with E-state index in [1.54, 1.807) is 6.20 Å². The molecule has 0 saturated carbocycles. The summed E-state index contributed by atoms with van der Waals surface area (Å²) >= 11 is 0. The average molecular weight is 339 g/mol. The predicted octanol–water partition coefficient (Wildman–Crippen LogP) is 0.0816. The number of pyridine rings is 1. The molecule has 1 aromatic rings. The quantitative estimate of drug-likeness (QED) is 0.601. The second-order valence-corrected chi connectivity index (χ2v) is 6.27. The van der Waals surface area contributed by atoms with E-state index >= 15 is 0 Å². The molecule has 0 unspecified atom stereocenters. The van der Waals surface area contributed by atoms with Crippen LogP contribution in [0.1, 0.15) is 26.5 Å². The van der Waals surface area contributed by atoms with Gasteiger partial charge in [-0.15, -0.1) is 0 Å². The first-order chi connectivity index (χ1) is 11.3. The van der Waals surface area contributed by atoms with Crippen LogP contribution in [-0.2, 0) is 9.47 Å². The number of hydrogen-bond donors (Lipinski definition) is 4. The highest BCUT2D eigenvalue weighted by molar-refractivity contribution is 5.63. The summed E-state index contributed by atoms with van der Waals surface area (Å²) in [5.74, 6) is 0. The van der Waals surface area contributed by atoms with Crippen molar-refractivity contribution in [2.75, 3.05) is 13.2 Å². The van der Waals surface area contributed by atoms with E-state index in [2.05, 4.69) is 4.98 Å². The molecule has 0 amide bonds. The molecule has 1 saturated heterocycles. The maximum atomic E-state index is 10.5. The number of rotatable bonds is 5. The Labute approximate surface area is 141 Å². The van der Waals surface area contributed by atoms with Crippen molar-refractivity contribution < 1.29 is 29.9 Å². The number of allylic oxidation sites excluding steroid dienone is 1. The van der Waals surface area contributed by atoms with E-state index in [1.165, 1.54) is 6.92 Å². The number of ether oxygens (including phenoxy) is 2. The molecule has 0 spiro atoms. The lowest BCUT2D eigenvalue weighted by molar-refractivity contribution is -0.322. The van der Waals surface area contributed by atoms with Crippen LogP contribution in [0.3, 0.4) is 0 Å². The number of nitrogens with zero attached hydrogens (tertiary/aromatic N) is 1. The molecule has 4 N–H and O–H groups in total. The summed E-state index contributed by atoms with van der Waals surface area (Å²) in [7, 11) is 0. The SMILES string of the molecule is C/C(CO[C@H]1[C@@H](CO)O[C@@H](O)[C@H](O)[C@@]1(C)O)=C(/C)c1ccccn1. The number of aliphatic hydroxyl groups excluding tert-OH is 3. The summed E-state index contributed by atoms with van der Waals surface area (Å²) in [6.45, 7) is 4.85. The van der Waals surface area contributed by atoms with Gasteiger partial charge in [-0.2, -0.15) is 0 Å². The molecular weight excluding hydrogens is 314 g/mol. The Morgan fingerprint density at radius 1 is 1.33 bits per heavy atom. The number of aromatic nitrogens is 1. The van der Waals surface area contributed by atoms with Crippen LogP contribution in [0, 0.1) is 0 Å². The van der Waals surface area contributed by atoms with E-state index in [9.17, 15) is 20.4 Å². The molecular formula is C17H25NO6. The third-order valence-electron chi connectivity index (χ3n) is 4.45. The molecule has 0 bridgehead atoms. The molecule has 2 rings (SSSR count). The first kappa shape index (κ1) is 19.0. The zero-order valence-electron chi connectivity index (χ0n) is 14.1. The second-order valence-electron chi connectivity index (χ2n) is 6.27. The zero-order chi connectivity index (χ0) is 17.9. The van der Waals surface area contributed by atoms with E-state index in [1.807, 2.05) is 32.0 Å². The highest BCUT2D eigenvalue weighted by Crippen LogP contribution is 2.31. The van der Waals surface area contributed by atoms with Gasteiger partial charge >= 0.3 is 0 Å². The largest absolute Gasteiger partial charge is 0.394 e. The molecule has 24 heavy (non-hydrogen) atoms. The van der Waals surface area contributed by atoms with Crippen molar-refractivity contribution in [2.45, 2.75) is 51.0 Å². The van der Waals surface area contributed by atoms with Gasteiger partial charge in [-0.3, -0.25) is 4.98 Å². The summed E-state index contributed by atoms with van der Waals surface area (Å²) in [5, 5.41) is 39.5. The molecule has 7 nitrogen and oxygen atoms in total. The molecule has 134 valence electrons. The Kier molecular flexibility index (Phi) is 6.08. The molecule has 2 heterocycles. The van der Waals surface area contributed by atoms with Gasteiger partial charge in [0.05, 0.1) is 18.9 Å². The van der Waals surface area contributed by atoms with E-state index in [4.69, 9.17) is 9.47 Å². The first-order valence-electron chi connectivity index (χ1n) is 7.83. The van der Waals surface area contributed by atoms with Gasteiger partial charge in [0, 0.05) is 6.20 Å². The fraction of sp³-hybridized carbons (Fsp3) is 0.588. The fourth-order valence-corrected chi connectivity index (χ4v) is 2.70. The van der Waals surface area contributed by atoms with Gasteiger partial charge in [0.15, 0.2) is 6.29 Å². The van der Waals surface area contributed by atoms with Gasteiger partial charge in [0.1, 0.15) is 23.9 Å². The van der Waals surface area contributed by atoms with Crippen molar-refractivity contribution in [1.29, 1.82) is 0 Å². The van der Waals surface area contributed by atoms with Crippen molar-refractivity contribution in [1.82, 2.24) is 4.98 Å². The van der Waals surface area contributed by atoms with Gasteiger partial charge < -0.3 is 29.9 Å². The molecule has 1 aliphatic rings. The van der Waals surface area contributed by atoms with Crippen molar-refractivity contribution in [3.05, 3.63) is 35.7 Å². The normalized spacial score (nSPS) is 34.8. The zero-order valence-corrected chi connectivity index (χ0v) is 14.1. The highest BCUT2D eigenvalue weighted by atomic mass is 16.7. The van der Waals surface area contributed by atoms with Gasteiger partial charge in [-0.25, -0.2) is 0 Å². The van der Waals surface area contributed by atoms with Gasteiger partial charge in [0.25, 0.3) is 0 Å². The van der Waals surface area contributed by atoms with Crippen LogP contribution < -0.4 is 0 Å². The Bertz CT molecular complexity index is 574. The van der Waals surface area contributed by atoms with E-state index in [0.29, 0.717) is 0 Å². The van der Waals surface area contributed by atoms with Gasteiger partial charge in [0.2, 0.25) is 0 Å². The van der Waals surface area contributed by atoms with Crippen molar-refractivity contribution in [3.63, 3.8) is 0 Å². The standard InChI is InChI=1S/C17H25NO6/c1-10(11(2)12-6-4-5-7-18-12)9-23-15-13(8-19)24-16(21)14(20)17(15,3)22/h4-7,13-16,19-22H,8-9H2,1-3H3/b11-10+/t13-,14+,15+,16-,17-/m1/s1. The Morgan fingerprint density at radius 3 is 2.62 bits per heavy atom. The summed E-state index contributed by atoms with van der Waals surface area (Å²) in [5.41, 5.74) is 0.888. The Morgan fingerprint density at radius 2 is 2.04 bits per heavy atom. The smallest absolute Gasteiger partial charge is 0.184 e. The lowest BCUT2D eigenvalue weighted by Crippen LogP contribution is -2.66. The summed E-state index contributed by atoms with van der Waals surface area (Å²) in [6, 6.07) is 5.60. The number of aliphatic hydroxyl groups is 4. The van der Waals surface area contributed by atoms with Crippen molar-refractivity contribution >= 4 is 5.57 Å². The maximum absolute atomic E-state index is 10.5. The minimum atomic E-state index is -1.76. The molecule has 1 fully saturated rings. The predicted molar refractivity (Wildman–Crippen MR) is 86.8 cm³/mol. The molecule has 7 heteroatoms. The van der Waals surface area contributed by atoms with E-state index in [0.717, 1.165) is 16.8 Å². The molecule has 1 aromatic heterocycles. The third kappa shape index (κ3) is 3.83. The van der Waals surface area contributed by atoms with Crippen LogP contribution in [0.2, 0.25) is 0 Å². The topological polar surface area (TPSA) is 112 Å². The third-order valence-corrected chi connectivity index (χ3v) is 4.45. The first-order valence-corrected chi connectivity index (χ1v) is 7.83. The summed E-state index contributed by atoms with van der Waals surface area (Å²) in [4.78, 5) is 4.28. The maximum Gasteiger partial charge on any atom is 0.184 e. The van der Waals surface area contributed by atoms with Crippen LogP contribution >= 0.6 is 0 Å². The van der Waals surface area contributed by atoms with E-state index in [-0.39, 0.29) is 6.61 Å². The van der Waals surface area contributed by atoms with Crippen molar-refractivity contribution in [2.24, 2.45) is 0 Å². The Balaban J connectivity index is 2.14. The fourth-order valence-electron chi connectivity index (χ4n) is 2.70. The monoisotopic (exact) mass is 339 g/mol. The van der Waals surface area contributed by atoms with E-state index < -0.39 is 36.8 Å². The lowest BCUT2D eigenvalue weighted by Gasteiger charge is -2.46. The summed E-state index contributed by atoms with van der Waals surface area (Å²) < 4.78 is 10.8. The van der Waals surface area contributed by atoms with Crippen molar-refractivity contribution in [3.8, 4) is 0 Å². The van der Waals surface area contributed by atoms with Crippen LogP contribution in [-0.4, -0.2) is 68.8 Å². The summed E-state index contributed by atoms with van der Waals surface area (Å²) in [6.07, 6.45) is -3.35. The highest BCUT2D eigenvalue weighted by Gasteiger charge is 2.52. The van der Waals surface area contributed by atoms with Crippen LogP contribution in [0.5, 0.6) is 0 Å². The molecule has 5 atom stereocenters. The Hall–Kier alpha value is -1.35. The van der Waals surface area contributed by atoms with Crippen LogP contribution in [0.15, 0.2) is 30.0 Å². The van der Waals surface area contributed by atoms with Crippen LogP contribution in [0.4, 0.5) is 0 Å². The van der Waals surface area contributed by atoms with Gasteiger partial charge in [-0.1, -0.05) is 6.07 Å². The lowest BCUT2D eigenvalue weighted by atomic mass is 9.85.